The van der Waals surface area contributed by atoms with E-state index in [0.29, 0.717) is 23.1 Å². The highest BCUT2D eigenvalue weighted by molar-refractivity contribution is 6.13. The zero-order chi connectivity index (χ0) is 41.0. The van der Waals surface area contributed by atoms with E-state index in [4.69, 9.17) is 28.8 Å². The molecule has 0 aliphatic heterocycles. The van der Waals surface area contributed by atoms with E-state index < -0.39 is 0 Å². The van der Waals surface area contributed by atoms with Crippen molar-refractivity contribution in [3.63, 3.8) is 0 Å². The number of para-hydroxylation sites is 2. The summed E-state index contributed by atoms with van der Waals surface area (Å²) in [7, 11) is 0. The normalized spacial score (nSPS) is 11.5. The number of aromatic nitrogens is 4. The van der Waals surface area contributed by atoms with Crippen LogP contribution in [0.4, 0.5) is 0 Å². The van der Waals surface area contributed by atoms with Crippen molar-refractivity contribution in [3.8, 4) is 78.7 Å². The molecule has 0 saturated heterocycles. The summed E-state index contributed by atoms with van der Waals surface area (Å²) in [6.07, 6.45) is 0. The van der Waals surface area contributed by atoms with Gasteiger partial charge in [0.25, 0.3) is 0 Å². The maximum absolute atomic E-state index is 6.51. The Morgan fingerprint density at radius 1 is 0.258 bits per heavy atom. The molecule has 0 fully saturated rings. The Labute approximate surface area is 356 Å². The minimum Gasteiger partial charge on any atom is -0.438 e. The molecule has 12 rings (SSSR count). The summed E-state index contributed by atoms with van der Waals surface area (Å²) >= 11 is 0. The van der Waals surface area contributed by atoms with Crippen LogP contribution in [0.15, 0.2) is 215 Å². The van der Waals surface area contributed by atoms with Crippen LogP contribution in [0.3, 0.4) is 0 Å². The van der Waals surface area contributed by atoms with Crippen molar-refractivity contribution in [3.05, 3.63) is 206 Å². The molecule has 4 aromatic heterocycles. The molecule has 0 saturated carbocycles. The second kappa shape index (κ2) is 14.7. The summed E-state index contributed by atoms with van der Waals surface area (Å²) in [6.45, 7) is 0. The van der Waals surface area contributed by atoms with Crippen LogP contribution in [-0.4, -0.2) is 19.9 Å². The molecule has 8 aromatic carbocycles. The molecule has 6 nitrogen and oxygen atoms in total. The molecule has 0 aliphatic rings. The molecule has 0 amide bonds. The fraction of sp³-hybridized carbons (Fsp3) is 0. The van der Waals surface area contributed by atoms with E-state index in [0.717, 1.165) is 99.7 Å². The fourth-order valence-corrected chi connectivity index (χ4v) is 8.51. The summed E-state index contributed by atoms with van der Waals surface area (Å²) in [5.41, 5.74) is 14.3. The molecule has 0 atom stereocenters. The third-order valence-corrected chi connectivity index (χ3v) is 11.6. The highest BCUT2D eigenvalue weighted by Gasteiger charge is 2.23. The number of rotatable bonds is 7. The van der Waals surface area contributed by atoms with Crippen molar-refractivity contribution >= 4 is 44.1 Å². The Kier molecular flexibility index (Phi) is 8.38. The number of nitrogens with zero attached hydrogens (tertiary/aromatic N) is 4. The third kappa shape index (κ3) is 6.21. The van der Waals surface area contributed by atoms with Crippen LogP contribution >= 0.6 is 0 Å². The molecule has 290 valence electrons. The number of furan rings is 2. The van der Waals surface area contributed by atoms with Crippen molar-refractivity contribution in [2.24, 2.45) is 0 Å². The van der Waals surface area contributed by atoms with Crippen LogP contribution < -0.4 is 0 Å². The molecule has 0 aliphatic carbocycles. The molecule has 62 heavy (non-hydrogen) atoms. The van der Waals surface area contributed by atoms with Crippen molar-refractivity contribution < 1.29 is 8.83 Å². The van der Waals surface area contributed by atoms with Gasteiger partial charge in [-0.3, -0.25) is 0 Å². The van der Waals surface area contributed by atoms with Gasteiger partial charge in [0, 0.05) is 33.0 Å². The highest BCUT2D eigenvalue weighted by atomic mass is 16.3. The molecular weight excluding hydrogens is 761 g/mol. The summed E-state index contributed by atoms with van der Waals surface area (Å²) in [5, 5.41) is 3.59. The standard InChI is InChI=1S/C56H34N4O2/c1-4-14-35(15-5-1)38-24-28-40(29-25-38)53-57-51(49-45-20-10-12-22-47(45)61-55(49)59-53)43-32-42(37-18-8-3-9-19-37)33-44(34-43)52-50-46-21-11-13-23-48(46)62-56(50)60-54(58-52)41-30-26-39(27-31-41)36-16-6-2-7-17-36/h1-34H. The van der Waals surface area contributed by atoms with Gasteiger partial charge in [0.2, 0.25) is 11.4 Å². The first-order valence-corrected chi connectivity index (χ1v) is 20.6. The van der Waals surface area contributed by atoms with Gasteiger partial charge < -0.3 is 8.83 Å². The number of benzene rings is 8. The maximum Gasteiger partial charge on any atom is 0.231 e. The van der Waals surface area contributed by atoms with E-state index in [-0.39, 0.29) is 0 Å². The van der Waals surface area contributed by atoms with Gasteiger partial charge in [-0.05, 0) is 63.7 Å². The minimum absolute atomic E-state index is 0.525. The topological polar surface area (TPSA) is 77.8 Å². The Morgan fingerprint density at radius 3 is 1.00 bits per heavy atom. The lowest BCUT2D eigenvalue weighted by atomic mass is 9.94. The van der Waals surface area contributed by atoms with E-state index in [1.54, 1.807) is 0 Å². The summed E-state index contributed by atoms with van der Waals surface area (Å²) in [6, 6.07) is 70.7. The molecule has 0 radical (unpaired) electrons. The van der Waals surface area contributed by atoms with E-state index in [2.05, 4.69) is 152 Å². The van der Waals surface area contributed by atoms with Gasteiger partial charge in [0.15, 0.2) is 11.6 Å². The van der Waals surface area contributed by atoms with Crippen LogP contribution in [0.5, 0.6) is 0 Å². The van der Waals surface area contributed by atoms with Crippen LogP contribution in [0.2, 0.25) is 0 Å². The van der Waals surface area contributed by atoms with E-state index in [1.165, 1.54) is 0 Å². The third-order valence-electron chi connectivity index (χ3n) is 11.6. The van der Waals surface area contributed by atoms with Crippen LogP contribution in [0.1, 0.15) is 0 Å². The Balaban J connectivity index is 1.09. The zero-order valence-corrected chi connectivity index (χ0v) is 33.2. The largest absolute Gasteiger partial charge is 0.438 e. The van der Waals surface area contributed by atoms with Crippen molar-refractivity contribution in [2.45, 2.75) is 0 Å². The van der Waals surface area contributed by atoms with Gasteiger partial charge in [-0.2, -0.15) is 9.97 Å². The lowest BCUT2D eigenvalue weighted by molar-refractivity contribution is 0.653. The molecule has 0 N–H and O–H groups in total. The van der Waals surface area contributed by atoms with Gasteiger partial charge in [-0.1, -0.05) is 176 Å². The molecule has 12 aromatic rings. The van der Waals surface area contributed by atoms with Gasteiger partial charge in [0.05, 0.1) is 22.2 Å². The molecule has 6 heteroatoms. The van der Waals surface area contributed by atoms with Crippen LogP contribution in [0, 0.1) is 0 Å². The Bertz CT molecular complexity index is 3380. The lowest BCUT2D eigenvalue weighted by Crippen LogP contribution is -1.97. The first kappa shape index (κ1) is 35.5. The molecular formula is C56H34N4O2. The SMILES string of the molecule is c1ccc(-c2ccc(-c3nc(-c4cc(-c5ccccc5)cc(-c5nc(-c6ccc(-c7ccccc7)cc6)nc6oc7ccccc7c56)c4)c4c(n3)oc3ccccc34)cc2)cc1. The van der Waals surface area contributed by atoms with E-state index in [1.807, 2.05) is 54.6 Å². The summed E-state index contributed by atoms with van der Waals surface area (Å²) < 4.78 is 13.0. The number of hydrogen-bond donors (Lipinski definition) is 0. The number of hydrogen-bond acceptors (Lipinski definition) is 6. The van der Waals surface area contributed by atoms with Gasteiger partial charge in [-0.25, -0.2) is 9.97 Å². The fourth-order valence-electron chi connectivity index (χ4n) is 8.51. The predicted octanol–water partition coefficient (Wildman–Crippen LogP) is 14.7. The van der Waals surface area contributed by atoms with Gasteiger partial charge in [-0.15, -0.1) is 0 Å². The Morgan fingerprint density at radius 2 is 0.581 bits per heavy atom. The van der Waals surface area contributed by atoms with Crippen molar-refractivity contribution in [1.29, 1.82) is 0 Å². The molecule has 4 heterocycles. The first-order valence-electron chi connectivity index (χ1n) is 20.6. The summed E-state index contributed by atoms with van der Waals surface area (Å²) in [5.74, 6) is 1.15. The average Bonchev–Trinajstić information content (AvgIpc) is 3.93. The van der Waals surface area contributed by atoms with Crippen LogP contribution in [-0.2, 0) is 0 Å². The van der Waals surface area contributed by atoms with Gasteiger partial charge in [0.1, 0.15) is 11.2 Å². The van der Waals surface area contributed by atoms with Crippen LogP contribution in [0.25, 0.3) is 123 Å². The van der Waals surface area contributed by atoms with E-state index in [9.17, 15) is 0 Å². The summed E-state index contributed by atoms with van der Waals surface area (Å²) in [4.78, 5) is 20.9. The minimum atomic E-state index is 0.525. The average molecular weight is 795 g/mol. The van der Waals surface area contributed by atoms with Gasteiger partial charge >= 0.3 is 0 Å². The Hall–Kier alpha value is -8.48. The van der Waals surface area contributed by atoms with Crippen molar-refractivity contribution in [1.82, 2.24) is 19.9 Å². The molecule has 0 spiro atoms. The highest BCUT2D eigenvalue weighted by Crippen LogP contribution is 2.42. The lowest BCUT2D eigenvalue weighted by Gasteiger charge is -2.13. The maximum atomic E-state index is 6.51. The molecule has 0 bridgehead atoms. The second-order valence-electron chi connectivity index (χ2n) is 15.4. The predicted molar refractivity (Wildman–Crippen MR) is 250 cm³/mol. The van der Waals surface area contributed by atoms with Crippen molar-refractivity contribution in [2.75, 3.05) is 0 Å². The molecule has 0 unspecified atom stereocenters. The number of fused-ring (bicyclic) bond motifs is 6. The quantitative estimate of drug-likeness (QED) is 0.160. The smallest absolute Gasteiger partial charge is 0.231 e. The zero-order valence-electron chi connectivity index (χ0n) is 33.2. The second-order valence-corrected chi connectivity index (χ2v) is 15.4. The monoisotopic (exact) mass is 794 g/mol. The van der Waals surface area contributed by atoms with E-state index >= 15 is 0 Å². The first-order chi connectivity index (χ1) is 30.7.